The van der Waals surface area contributed by atoms with E-state index >= 15 is 0 Å². The molecule has 0 radical (unpaired) electrons. The van der Waals surface area contributed by atoms with Crippen molar-refractivity contribution in [3.8, 4) is 0 Å². The second kappa shape index (κ2) is 7.22. The summed E-state index contributed by atoms with van der Waals surface area (Å²) < 4.78 is 0. The number of hydrogen-bond donors (Lipinski definition) is 3. The molecule has 0 bridgehead atoms. The topological polar surface area (TPSA) is 74.2 Å². The van der Waals surface area contributed by atoms with Gasteiger partial charge in [0.25, 0.3) is 0 Å². The molecule has 0 spiro atoms. The quantitative estimate of drug-likeness (QED) is 0.749. The molecule has 6 heteroatoms. The summed E-state index contributed by atoms with van der Waals surface area (Å²) >= 11 is 1.58. The van der Waals surface area contributed by atoms with Crippen molar-refractivity contribution in [2.24, 2.45) is 0 Å². The molecule has 0 saturated heterocycles. The number of thiazole rings is 1. The van der Waals surface area contributed by atoms with Crippen LogP contribution in [0.15, 0.2) is 6.20 Å². The third-order valence-corrected chi connectivity index (χ3v) is 5.06. The Morgan fingerprint density at radius 1 is 1.43 bits per heavy atom. The number of carbonyl (C=O) groups excluding carboxylic acids is 1. The van der Waals surface area contributed by atoms with E-state index in [2.05, 4.69) is 15.6 Å². The van der Waals surface area contributed by atoms with Crippen LogP contribution in [0.2, 0.25) is 0 Å². The predicted molar refractivity (Wildman–Crippen MR) is 84.5 cm³/mol. The molecular weight excluding hydrogens is 286 g/mol. The van der Waals surface area contributed by atoms with Crippen molar-refractivity contribution in [2.45, 2.75) is 64.0 Å². The lowest BCUT2D eigenvalue weighted by atomic mass is 9.95. The maximum absolute atomic E-state index is 11.9. The van der Waals surface area contributed by atoms with E-state index < -0.39 is 5.60 Å². The smallest absolute Gasteiger partial charge is 0.315 e. The minimum Gasteiger partial charge on any atom is -0.388 e. The van der Waals surface area contributed by atoms with Gasteiger partial charge in [-0.2, -0.15) is 0 Å². The van der Waals surface area contributed by atoms with Gasteiger partial charge in [0.2, 0.25) is 0 Å². The third-order valence-electron chi connectivity index (χ3n) is 3.97. The molecule has 3 N–H and O–H groups in total. The van der Waals surface area contributed by atoms with Crippen molar-refractivity contribution in [2.75, 3.05) is 6.54 Å². The molecule has 21 heavy (non-hydrogen) atoms. The summed E-state index contributed by atoms with van der Waals surface area (Å²) in [5, 5.41) is 17.1. The molecule has 1 fully saturated rings. The molecule has 1 heterocycles. The molecule has 5 nitrogen and oxygen atoms in total. The highest BCUT2D eigenvalue weighted by Gasteiger charge is 2.28. The standard InChI is InChI=1S/C15H25N3O2S/c1-11-9-16-13(21-11)12(2)18-14(19)17-10-15(20)7-5-3-4-6-8-15/h9,12,20H,3-8,10H2,1-2H3,(H2,17,18,19). The molecule has 1 saturated carbocycles. The van der Waals surface area contributed by atoms with E-state index in [0.29, 0.717) is 6.54 Å². The molecule has 0 aromatic carbocycles. The van der Waals surface area contributed by atoms with E-state index in [1.165, 1.54) is 12.8 Å². The zero-order chi connectivity index (χ0) is 15.3. The average molecular weight is 311 g/mol. The van der Waals surface area contributed by atoms with Gasteiger partial charge < -0.3 is 15.7 Å². The summed E-state index contributed by atoms with van der Waals surface area (Å²) in [6.45, 7) is 4.23. The normalized spacial score (nSPS) is 19.6. The Kier molecular flexibility index (Phi) is 5.58. The van der Waals surface area contributed by atoms with Gasteiger partial charge in [-0.05, 0) is 26.7 Å². The molecular formula is C15H25N3O2S. The van der Waals surface area contributed by atoms with Crippen molar-refractivity contribution in [1.29, 1.82) is 0 Å². The number of rotatable bonds is 4. The fourth-order valence-corrected chi connectivity index (χ4v) is 3.47. The molecule has 1 aromatic rings. The molecule has 1 aliphatic rings. The SMILES string of the molecule is Cc1cnc(C(C)NC(=O)NCC2(O)CCCCCC2)s1. The van der Waals surface area contributed by atoms with Crippen LogP contribution in [-0.2, 0) is 0 Å². The van der Waals surface area contributed by atoms with Crippen LogP contribution in [0.1, 0.15) is 61.4 Å². The number of nitrogens with one attached hydrogen (secondary N) is 2. The summed E-state index contributed by atoms with van der Waals surface area (Å²) in [6.07, 6.45) is 7.78. The first kappa shape index (κ1) is 16.2. The zero-order valence-electron chi connectivity index (χ0n) is 12.8. The van der Waals surface area contributed by atoms with E-state index in [1.54, 1.807) is 11.3 Å². The predicted octanol–water partition coefficient (Wildman–Crippen LogP) is 2.90. The Labute approximate surface area is 130 Å². The Morgan fingerprint density at radius 3 is 2.67 bits per heavy atom. The van der Waals surface area contributed by atoms with E-state index in [0.717, 1.165) is 35.6 Å². The maximum atomic E-state index is 11.9. The first-order valence-electron chi connectivity index (χ1n) is 7.68. The van der Waals surface area contributed by atoms with Crippen molar-refractivity contribution in [3.63, 3.8) is 0 Å². The highest BCUT2D eigenvalue weighted by atomic mass is 32.1. The van der Waals surface area contributed by atoms with E-state index in [-0.39, 0.29) is 12.1 Å². The fraction of sp³-hybridized carbons (Fsp3) is 0.733. The molecule has 0 aliphatic heterocycles. The number of aliphatic hydroxyl groups is 1. The van der Waals surface area contributed by atoms with Gasteiger partial charge in [0.15, 0.2) is 0 Å². The number of carbonyl (C=O) groups is 1. The number of nitrogens with zero attached hydrogens (tertiary/aromatic N) is 1. The van der Waals surface area contributed by atoms with E-state index in [9.17, 15) is 9.90 Å². The molecule has 1 aromatic heterocycles. The van der Waals surface area contributed by atoms with Gasteiger partial charge in [-0.15, -0.1) is 11.3 Å². The Hall–Kier alpha value is -1.14. The highest BCUT2D eigenvalue weighted by molar-refractivity contribution is 7.11. The summed E-state index contributed by atoms with van der Waals surface area (Å²) in [5.74, 6) is 0. The van der Waals surface area contributed by atoms with Gasteiger partial charge in [-0.25, -0.2) is 9.78 Å². The van der Waals surface area contributed by atoms with Crippen molar-refractivity contribution >= 4 is 17.4 Å². The average Bonchev–Trinajstić information content (AvgIpc) is 2.76. The van der Waals surface area contributed by atoms with Gasteiger partial charge in [-0.1, -0.05) is 25.7 Å². The van der Waals surface area contributed by atoms with Crippen molar-refractivity contribution in [1.82, 2.24) is 15.6 Å². The molecule has 1 unspecified atom stereocenters. The first-order chi connectivity index (χ1) is 9.98. The summed E-state index contributed by atoms with van der Waals surface area (Å²) in [4.78, 5) is 17.4. The van der Waals surface area contributed by atoms with Crippen LogP contribution in [0.3, 0.4) is 0 Å². The van der Waals surface area contributed by atoms with Crippen LogP contribution in [0, 0.1) is 6.92 Å². The Bertz CT molecular complexity index is 467. The molecule has 118 valence electrons. The van der Waals surface area contributed by atoms with E-state index in [4.69, 9.17) is 0 Å². The second-order valence-corrected chi connectivity index (χ2v) is 7.26. The van der Waals surface area contributed by atoms with Crippen LogP contribution in [0.25, 0.3) is 0 Å². The summed E-state index contributed by atoms with van der Waals surface area (Å²) in [6, 6.07) is -0.361. The maximum Gasteiger partial charge on any atom is 0.315 e. The number of amides is 2. The molecule has 1 atom stereocenters. The molecule has 2 amide bonds. The highest BCUT2D eigenvalue weighted by Crippen LogP contribution is 2.26. The number of urea groups is 1. The van der Waals surface area contributed by atoms with Gasteiger partial charge in [0.05, 0.1) is 11.6 Å². The lowest BCUT2D eigenvalue weighted by Gasteiger charge is -2.27. The number of aryl methyl sites for hydroxylation is 1. The zero-order valence-corrected chi connectivity index (χ0v) is 13.6. The van der Waals surface area contributed by atoms with Crippen LogP contribution < -0.4 is 10.6 Å². The minimum atomic E-state index is -0.741. The number of hydrogen-bond acceptors (Lipinski definition) is 4. The largest absolute Gasteiger partial charge is 0.388 e. The van der Waals surface area contributed by atoms with Crippen LogP contribution in [0.5, 0.6) is 0 Å². The minimum absolute atomic E-state index is 0.118. The number of aromatic nitrogens is 1. The molecule has 1 aliphatic carbocycles. The Balaban J connectivity index is 1.78. The summed E-state index contributed by atoms with van der Waals surface area (Å²) in [5.41, 5.74) is -0.741. The first-order valence-corrected chi connectivity index (χ1v) is 8.49. The fourth-order valence-electron chi connectivity index (χ4n) is 2.69. The van der Waals surface area contributed by atoms with Gasteiger partial charge >= 0.3 is 6.03 Å². The van der Waals surface area contributed by atoms with Crippen LogP contribution in [-0.4, -0.2) is 28.3 Å². The van der Waals surface area contributed by atoms with Gasteiger partial charge in [-0.3, -0.25) is 0 Å². The van der Waals surface area contributed by atoms with Crippen LogP contribution >= 0.6 is 11.3 Å². The van der Waals surface area contributed by atoms with Crippen molar-refractivity contribution in [3.05, 3.63) is 16.1 Å². The van der Waals surface area contributed by atoms with Crippen LogP contribution in [0.4, 0.5) is 4.79 Å². The van der Waals surface area contributed by atoms with E-state index in [1.807, 2.05) is 20.0 Å². The van der Waals surface area contributed by atoms with Gasteiger partial charge in [0, 0.05) is 17.6 Å². The van der Waals surface area contributed by atoms with Gasteiger partial charge in [0.1, 0.15) is 5.01 Å². The summed E-state index contributed by atoms with van der Waals surface area (Å²) in [7, 11) is 0. The lowest BCUT2D eigenvalue weighted by molar-refractivity contribution is 0.0276. The van der Waals surface area contributed by atoms with Crippen molar-refractivity contribution < 1.29 is 9.90 Å². The molecule has 2 rings (SSSR count). The Morgan fingerprint density at radius 2 is 2.10 bits per heavy atom. The second-order valence-electron chi connectivity index (χ2n) is 6.00. The lowest BCUT2D eigenvalue weighted by Crippen LogP contribution is -2.46. The monoisotopic (exact) mass is 311 g/mol. The third kappa shape index (κ3) is 4.97.